The van der Waals surface area contributed by atoms with Crippen LogP contribution in [-0.4, -0.2) is 33.5 Å². The standard InChI is InChI=1S/C16H21BrN4O2/c1-2-23-16(22)12-9-21-10-13(17)20-14(15(21)19-12)18-8-11-6-4-3-5-7-11/h9-11H,2-8H2,1H3,(H,18,20). The number of nitrogens with one attached hydrogen (secondary N) is 1. The lowest BCUT2D eigenvalue weighted by atomic mass is 9.89. The Labute approximate surface area is 143 Å². The highest BCUT2D eigenvalue weighted by Crippen LogP contribution is 2.25. The quantitative estimate of drug-likeness (QED) is 0.801. The SMILES string of the molecule is CCOC(=O)c1cn2cc(Br)nc(NCC3CCCCC3)c2n1. The number of hydrogen-bond donors (Lipinski definition) is 1. The molecule has 2 aromatic rings. The van der Waals surface area contributed by atoms with Gasteiger partial charge in [0.1, 0.15) is 4.60 Å². The van der Waals surface area contributed by atoms with E-state index in [1.54, 1.807) is 23.7 Å². The Morgan fingerprint density at radius 1 is 1.35 bits per heavy atom. The number of rotatable bonds is 5. The maximum atomic E-state index is 11.9. The third kappa shape index (κ3) is 3.83. The second kappa shape index (κ2) is 7.29. The summed E-state index contributed by atoms with van der Waals surface area (Å²) in [5.41, 5.74) is 0.944. The van der Waals surface area contributed by atoms with E-state index in [9.17, 15) is 4.79 Å². The molecule has 124 valence electrons. The van der Waals surface area contributed by atoms with Crippen molar-refractivity contribution in [3.63, 3.8) is 0 Å². The maximum Gasteiger partial charge on any atom is 0.358 e. The maximum absolute atomic E-state index is 11.9. The van der Waals surface area contributed by atoms with E-state index in [-0.39, 0.29) is 0 Å². The van der Waals surface area contributed by atoms with Crippen LogP contribution in [0.25, 0.3) is 5.65 Å². The summed E-state index contributed by atoms with van der Waals surface area (Å²) in [6.07, 6.45) is 9.95. The van der Waals surface area contributed by atoms with Crippen LogP contribution in [0.15, 0.2) is 17.0 Å². The Hall–Kier alpha value is -1.63. The number of esters is 1. The molecule has 3 rings (SSSR count). The number of hydrogen-bond acceptors (Lipinski definition) is 5. The first-order valence-corrected chi connectivity index (χ1v) is 8.93. The molecule has 1 saturated carbocycles. The molecule has 0 atom stereocenters. The lowest BCUT2D eigenvalue weighted by Gasteiger charge is -2.22. The molecule has 0 amide bonds. The van der Waals surface area contributed by atoms with Crippen LogP contribution in [-0.2, 0) is 4.74 Å². The van der Waals surface area contributed by atoms with Gasteiger partial charge in [0.2, 0.25) is 0 Å². The Balaban J connectivity index is 1.81. The summed E-state index contributed by atoms with van der Waals surface area (Å²) in [5, 5.41) is 3.41. The molecule has 2 aromatic heterocycles. The van der Waals surface area contributed by atoms with Crippen LogP contribution in [0, 0.1) is 5.92 Å². The van der Waals surface area contributed by atoms with Crippen LogP contribution in [0.5, 0.6) is 0 Å². The second-order valence-electron chi connectivity index (χ2n) is 5.87. The van der Waals surface area contributed by atoms with E-state index >= 15 is 0 Å². The highest BCUT2D eigenvalue weighted by Gasteiger charge is 2.17. The van der Waals surface area contributed by atoms with E-state index in [1.165, 1.54) is 32.1 Å². The molecule has 23 heavy (non-hydrogen) atoms. The van der Waals surface area contributed by atoms with Gasteiger partial charge in [-0.1, -0.05) is 19.3 Å². The van der Waals surface area contributed by atoms with Crippen molar-refractivity contribution in [2.24, 2.45) is 5.92 Å². The van der Waals surface area contributed by atoms with Crippen LogP contribution in [0.1, 0.15) is 49.5 Å². The predicted octanol–water partition coefficient (Wildman–Crippen LogP) is 3.66. The van der Waals surface area contributed by atoms with Gasteiger partial charge in [0.15, 0.2) is 17.2 Å². The lowest BCUT2D eigenvalue weighted by Crippen LogP contribution is -2.18. The highest BCUT2D eigenvalue weighted by atomic mass is 79.9. The van der Waals surface area contributed by atoms with Crippen LogP contribution < -0.4 is 5.32 Å². The van der Waals surface area contributed by atoms with Crippen LogP contribution >= 0.6 is 15.9 Å². The van der Waals surface area contributed by atoms with Gasteiger partial charge in [-0.15, -0.1) is 0 Å². The highest BCUT2D eigenvalue weighted by molar-refractivity contribution is 9.10. The predicted molar refractivity (Wildman–Crippen MR) is 91.7 cm³/mol. The molecule has 1 aliphatic carbocycles. The summed E-state index contributed by atoms with van der Waals surface area (Å²) in [5.74, 6) is 0.968. The Morgan fingerprint density at radius 2 is 2.13 bits per heavy atom. The fourth-order valence-corrected chi connectivity index (χ4v) is 3.42. The first-order chi connectivity index (χ1) is 11.2. The summed E-state index contributed by atoms with van der Waals surface area (Å²) in [4.78, 5) is 20.7. The van der Waals surface area contributed by atoms with Gasteiger partial charge < -0.3 is 14.5 Å². The summed E-state index contributed by atoms with van der Waals surface area (Å²) in [6.45, 7) is 3.01. The zero-order valence-electron chi connectivity index (χ0n) is 13.2. The van der Waals surface area contributed by atoms with Gasteiger partial charge in [-0.3, -0.25) is 0 Å². The number of ether oxygens (including phenoxy) is 1. The van der Waals surface area contributed by atoms with Gasteiger partial charge in [-0.25, -0.2) is 14.8 Å². The normalized spacial score (nSPS) is 15.7. The molecule has 0 spiro atoms. The van der Waals surface area contributed by atoms with Gasteiger partial charge in [0, 0.05) is 18.9 Å². The van der Waals surface area contributed by atoms with Gasteiger partial charge in [-0.05, 0) is 41.6 Å². The molecular weight excluding hydrogens is 360 g/mol. The molecule has 0 unspecified atom stereocenters. The van der Waals surface area contributed by atoms with Crippen molar-refractivity contribution in [1.82, 2.24) is 14.4 Å². The monoisotopic (exact) mass is 380 g/mol. The summed E-state index contributed by atoms with van der Waals surface area (Å²) in [6, 6.07) is 0. The van der Waals surface area contributed by atoms with Crippen LogP contribution in [0.3, 0.4) is 0 Å². The van der Waals surface area contributed by atoms with Crippen molar-refractivity contribution in [2.45, 2.75) is 39.0 Å². The van der Waals surface area contributed by atoms with Crippen molar-refractivity contribution < 1.29 is 9.53 Å². The number of carbonyl (C=O) groups excluding carboxylic acids is 1. The zero-order chi connectivity index (χ0) is 16.2. The first kappa shape index (κ1) is 16.2. The third-order valence-corrected chi connectivity index (χ3v) is 4.56. The molecular formula is C16H21BrN4O2. The minimum Gasteiger partial charge on any atom is -0.461 e. The largest absolute Gasteiger partial charge is 0.461 e. The van der Waals surface area contributed by atoms with Crippen LogP contribution in [0.2, 0.25) is 0 Å². The third-order valence-electron chi connectivity index (χ3n) is 4.18. The van der Waals surface area contributed by atoms with Crippen molar-refractivity contribution in [3.8, 4) is 0 Å². The Bertz CT molecular complexity index is 695. The van der Waals surface area contributed by atoms with Gasteiger partial charge >= 0.3 is 5.97 Å². The Morgan fingerprint density at radius 3 is 2.87 bits per heavy atom. The Kier molecular flexibility index (Phi) is 5.15. The molecule has 0 radical (unpaired) electrons. The molecule has 0 saturated heterocycles. The molecule has 1 N–H and O–H groups in total. The van der Waals surface area contributed by atoms with Gasteiger partial charge in [0.05, 0.1) is 6.61 Å². The number of halogens is 1. The fourth-order valence-electron chi connectivity index (χ4n) is 3.02. The zero-order valence-corrected chi connectivity index (χ0v) is 14.8. The fraction of sp³-hybridized carbons (Fsp3) is 0.562. The smallest absolute Gasteiger partial charge is 0.358 e. The molecule has 0 bridgehead atoms. The van der Waals surface area contributed by atoms with E-state index in [4.69, 9.17) is 4.74 Å². The number of anilines is 1. The summed E-state index contributed by atoms with van der Waals surface area (Å²) >= 11 is 3.41. The number of nitrogens with zero attached hydrogens (tertiary/aromatic N) is 3. The molecule has 1 aliphatic rings. The van der Waals surface area contributed by atoms with E-state index < -0.39 is 5.97 Å². The number of fused-ring (bicyclic) bond motifs is 1. The van der Waals surface area contributed by atoms with E-state index in [0.29, 0.717) is 34.3 Å². The summed E-state index contributed by atoms with van der Waals surface area (Å²) < 4.78 is 7.51. The molecule has 7 heteroatoms. The van der Waals surface area contributed by atoms with Gasteiger partial charge in [-0.2, -0.15) is 0 Å². The van der Waals surface area contributed by atoms with Gasteiger partial charge in [0.25, 0.3) is 0 Å². The molecule has 0 aliphatic heterocycles. The van der Waals surface area contributed by atoms with Crippen LogP contribution in [0.4, 0.5) is 5.82 Å². The topological polar surface area (TPSA) is 68.5 Å². The minimum atomic E-state index is -0.412. The molecule has 1 fully saturated rings. The van der Waals surface area contributed by atoms with Crippen molar-refractivity contribution in [3.05, 3.63) is 22.7 Å². The molecule has 6 nitrogen and oxygen atoms in total. The average molecular weight is 381 g/mol. The van der Waals surface area contributed by atoms with E-state index in [1.807, 2.05) is 0 Å². The molecule has 0 aromatic carbocycles. The number of aromatic nitrogens is 3. The number of imidazole rings is 1. The second-order valence-corrected chi connectivity index (χ2v) is 6.69. The average Bonchev–Trinajstić information content (AvgIpc) is 2.98. The van der Waals surface area contributed by atoms with Crippen molar-refractivity contribution >= 4 is 33.4 Å². The minimum absolute atomic E-state index is 0.299. The first-order valence-electron chi connectivity index (χ1n) is 8.13. The van der Waals surface area contributed by atoms with E-state index in [0.717, 1.165) is 6.54 Å². The van der Waals surface area contributed by atoms with Crippen molar-refractivity contribution in [2.75, 3.05) is 18.5 Å². The summed E-state index contributed by atoms with van der Waals surface area (Å²) in [7, 11) is 0. The van der Waals surface area contributed by atoms with Crippen molar-refractivity contribution in [1.29, 1.82) is 0 Å². The number of carbonyl (C=O) groups is 1. The van der Waals surface area contributed by atoms with E-state index in [2.05, 4.69) is 31.2 Å². The lowest BCUT2D eigenvalue weighted by molar-refractivity contribution is 0.0520. The molecule has 2 heterocycles.